The van der Waals surface area contributed by atoms with E-state index in [0.29, 0.717) is 11.5 Å². The lowest BCUT2D eigenvalue weighted by molar-refractivity contribution is 0.112. The molecule has 1 aromatic carbocycles. The number of anilines is 1. The Morgan fingerprint density at radius 3 is 2.59 bits per heavy atom. The van der Waals surface area contributed by atoms with Crippen LogP contribution in [0.3, 0.4) is 0 Å². The molecule has 17 heavy (non-hydrogen) atoms. The summed E-state index contributed by atoms with van der Waals surface area (Å²) in [6.45, 7) is 8.65. The molecule has 0 aromatic heterocycles. The van der Waals surface area contributed by atoms with Gasteiger partial charge in [-0.1, -0.05) is 20.3 Å². The number of nitrogens with zero attached hydrogens (tertiary/aromatic N) is 1. The number of hydrogen-bond acceptors (Lipinski definition) is 2. The van der Waals surface area contributed by atoms with Gasteiger partial charge in [-0.05, 0) is 47.0 Å². The molecular weight excluding hydrogens is 278 g/mol. The monoisotopic (exact) mass is 297 g/mol. The molecule has 2 nitrogen and oxygen atoms in total. The third-order valence-electron chi connectivity index (χ3n) is 3.06. The number of carbonyl (C=O) groups is 1. The van der Waals surface area contributed by atoms with E-state index in [1.165, 1.54) is 12.1 Å². The fourth-order valence-electron chi connectivity index (χ4n) is 1.76. The second-order valence-electron chi connectivity index (χ2n) is 4.38. The minimum Gasteiger partial charge on any atom is -0.371 e. The van der Waals surface area contributed by atoms with Crippen LogP contribution in [0.2, 0.25) is 0 Å². The van der Waals surface area contributed by atoms with Crippen LogP contribution in [0.4, 0.5) is 5.69 Å². The predicted octanol–water partition coefficient (Wildman–Crippen LogP) is 4.13. The summed E-state index contributed by atoms with van der Waals surface area (Å²) in [6.07, 6.45) is 2.06. The SMILES string of the molecule is CCC(C)CN(CC)c1ccc(C=O)cc1Br. The molecule has 94 valence electrons. The van der Waals surface area contributed by atoms with Crippen molar-refractivity contribution in [2.75, 3.05) is 18.0 Å². The van der Waals surface area contributed by atoms with Crippen LogP contribution in [-0.4, -0.2) is 19.4 Å². The van der Waals surface area contributed by atoms with Gasteiger partial charge in [0.25, 0.3) is 0 Å². The average Bonchev–Trinajstić information content (AvgIpc) is 2.35. The van der Waals surface area contributed by atoms with Gasteiger partial charge in [-0.25, -0.2) is 0 Å². The van der Waals surface area contributed by atoms with Crippen molar-refractivity contribution < 1.29 is 4.79 Å². The van der Waals surface area contributed by atoms with Crippen LogP contribution >= 0.6 is 15.9 Å². The number of carbonyl (C=O) groups excluding carboxylic acids is 1. The second-order valence-corrected chi connectivity index (χ2v) is 5.24. The fraction of sp³-hybridized carbons (Fsp3) is 0.500. The summed E-state index contributed by atoms with van der Waals surface area (Å²) in [4.78, 5) is 13.0. The maximum atomic E-state index is 10.7. The van der Waals surface area contributed by atoms with Crippen molar-refractivity contribution in [1.82, 2.24) is 0 Å². The Bertz CT molecular complexity index is 378. The molecular formula is C14H20BrNO. The van der Waals surface area contributed by atoms with Crippen LogP contribution < -0.4 is 4.90 Å². The summed E-state index contributed by atoms with van der Waals surface area (Å²) < 4.78 is 0.993. The van der Waals surface area contributed by atoms with Gasteiger partial charge in [0.1, 0.15) is 6.29 Å². The van der Waals surface area contributed by atoms with E-state index in [1.807, 2.05) is 18.2 Å². The van der Waals surface area contributed by atoms with Crippen LogP contribution in [0.15, 0.2) is 22.7 Å². The van der Waals surface area contributed by atoms with Crippen LogP contribution in [-0.2, 0) is 0 Å². The molecule has 3 heteroatoms. The van der Waals surface area contributed by atoms with Crippen molar-refractivity contribution >= 4 is 27.9 Å². The van der Waals surface area contributed by atoms with Crippen molar-refractivity contribution in [3.8, 4) is 0 Å². The maximum absolute atomic E-state index is 10.7. The first-order valence-electron chi connectivity index (χ1n) is 6.12. The molecule has 1 atom stereocenters. The third kappa shape index (κ3) is 3.84. The lowest BCUT2D eigenvalue weighted by Crippen LogP contribution is -2.28. The zero-order valence-electron chi connectivity index (χ0n) is 10.7. The second kappa shape index (κ2) is 6.80. The zero-order valence-corrected chi connectivity index (χ0v) is 12.3. The maximum Gasteiger partial charge on any atom is 0.150 e. The Morgan fingerprint density at radius 2 is 2.12 bits per heavy atom. The van der Waals surface area contributed by atoms with Crippen LogP contribution in [0.1, 0.15) is 37.6 Å². The van der Waals surface area contributed by atoms with Gasteiger partial charge in [0, 0.05) is 23.1 Å². The van der Waals surface area contributed by atoms with Crippen molar-refractivity contribution in [3.05, 3.63) is 28.2 Å². The van der Waals surface area contributed by atoms with Gasteiger partial charge in [-0.3, -0.25) is 4.79 Å². The Labute approximate surface area is 112 Å². The number of hydrogen-bond donors (Lipinski definition) is 0. The molecule has 1 unspecified atom stereocenters. The van der Waals surface area contributed by atoms with Gasteiger partial charge in [0.15, 0.2) is 0 Å². The van der Waals surface area contributed by atoms with Crippen LogP contribution in [0.5, 0.6) is 0 Å². The molecule has 0 bridgehead atoms. The summed E-state index contributed by atoms with van der Waals surface area (Å²) in [7, 11) is 0. The lowest BCUT2D eigenvalue weighted by atomic mass is 10.1. The van der Waals surface area contributed by atoms with E-state index in [-0.39, 0.29) is 0 Å². The highest BCUT2D eigenvalue weighted by atomic mass is 79.9. The predicted molar refractivity (Wildman–Crippen MR) is 76.9 cm³/mol. The molecule has 0 saturated heterocycles. The van der Waals surface area contributed by atoms with Crippen LogP contribution in [0.25, 0.3) is 0 Å². The minimum atomic E-state index is 0.674. The number of aldehydes is 1. The fourth-order valence-corrected chi connectivity index (χ4v) is 2.40. The van der Waals surface area contributed by atoms with Crippen molar-refractivity contribution in [1.29, 1.82) is 0 Å². The van der Waals surface area contributed by atoms with E-state index >= 15 is 0 Å². The zero-order chi connectivity index (χ0) is 12.8. The van der Waals surface area contributed by atoms with E-state index < -0.39 is 0 Å². The summed E-state index contributed by atoms with van der Waals surface area (Å²) in [5.74, 6) is 0.674. The summed E-state index contributed by atoms with van der Waals surface area (Å²) in [6, 6.07) is 5.76. The molecule has 0 radical (unpaired) electrons. The van der Waals surface area contributed by atoms with Crippen molar-refractivity contribution in [3.63, 3.8) is 0 Å². The molecule has 0 N–H and O–H groups in total. The van der Waals surface area contributed by atoms with Crippen LogP contribution in [0, 0.1) is 5.92 Å². The summed E-state index contributed by atoms with van der Waals surface area (Å²) in [5, 5.41) is 0. The molecule has 0 aliphatic heterocycles. The quantitative estimate of drug-likeness (QED) is 0.736. The molecule has 0 heterocycles. The highest BCUT2D eigenvalue weighted by molar-refractivity contribution is 9.10. The molecule has 0 amide bonds. The molecule has 0 saturated carbocycles. The Balaban J connectivity index is 2.91. The first kappa shape index (κ1) is 14.2. The molecule has 0 spiro atoms. The van der Waals surface area contributed by atoms with Gasteiger partial charge < -0.3 is 4.90 Å². The first-order valence-corrected chi connectivity index (χ1v) is 6.91. The lowest BCUT2D eigenvalue weighted by Gasteiger charge is -2.27. The molecule has 1 rings (SSSR count). The van der Waals surface area contributed by atoms with Gasteiger partial charge in [-0.15, -0.1) is 0 Å². The van der Waals surface area contributed by atoms with E-state index in [9.17, 15) is 4.79 Å². The van der Waals surface area contributed by atoms with Gasteiger partial charge in [0.05, 0.1) is 5.69 Å². The van der Waals surface area contributed by atoms with Gasteiger partial charge in [-0.2, -0.15) is 0 Å². The highest BCUT2D eigenvalue weighted by Crippen LogP contribution is 2.27. The Hall–Kier alpha value is -0.830. The molecule has 1 aromatic rings. The number of rotatable bonds is 6. The molecule has 0 aliphatic carbocycles. The number of halogens is 1. The van der Waals surface area contributed by atoms with Gasteiger partial charge in [0.2, 0.25) is 0 Å². The summed E-state index contributed by atoms with van der Waals surface area (Å²) in [5.41, 5.74) is 1.87. The third-order valence-corrected chi connectivity index (χ3v) is 3.69. The molecule has 0 fully saturated rings. The topological polar surface area (TPSA) is 20.3 Å². The highest BCUT2D eigenvalue weighted by Gasteiger charge is 2.11. The van der Waals surface area contributed by atoms with E-state index in [2.05, 4.69) is 41.6 Å². The Morgan fingerprint density at radius 1 is 1.41 bits per heavy atom. The Kier molecular flexibility index (Phi) is 5.69. The minimum absolute atomic E-state index is 0.674. The summed E-state index contributed by atoms with van der Waals surface area (Å²) >= 11 is 3.54. The van der Waals surface area contributed by atoms with Gasteiger partial charge >= 0.3 is 0 Å². The van der Waals surface area contributed by atoms with E-state index in [1.54, 1.807) is 0 Å². The first-order chi connectivity index (χ1) is 8.12. The average molecular weight is 298 g/mol. The van der Waals surface area contributed by atoms with Crippen molar-refractivity contribution in [2.24, 2.45) is 5.92 Å². The molecule has 0 aliphatic rings. The van der Waals surface area contributed by atoms with E-state index in [0.717, 1.165) is 23.8 Å². The largest absolute Gasteiger partial charge is 0.371 e. The van der Waals surface area contributed by atoms with Crippen molar-refractivity contribution in [2.45, 2.75) is 27.2 Å². The number of benzene rings is 1. The van der Waals surface area contributed by atoms with E-state index in [4.69, 9.17) is 0 Å². The standard InChI is InChI=1S/C14H20BrNO/c1-4-11(3)9-16(5-2)14-7-6-12(10-17)8-13(14)15/h6-8,10-11H,4-5,9H2,1-3H3. The smallest absolute Gasteiger partial charge is 0.150 e. The normalized spacial score (nSPS) is 12.2.